The fraction of sp³-hybridized carbons (Fsp3) is 0.647. The van der Waals surface area contributed by atoms with Crippen molar-refractivity contribution in [2.75, 3.05) is 45.9 Å². The number of nitrogens with zero attached hydrogens (tertiary/aromatic N) is 2. The summed E-state index contributed by atoms with van der Waals surface area (Å²) in [7, 11) is 0. The minimum absolute atomic E-state index is 0.131. The second-order valence-corrected chi connectivity index (χ2v) is 6.28. The Balaban J connectivity index is 1.45. The van der Waals surface area contributed by atoms with Gasteiger partial charge in [0.05, 0.1) is 19.8 Å². The van der Waals surface area contributed by atoms with Crippen LogP contribution in [0.3, 0.4) is 0 Å². The molecule has 4 heteroatoms. The first-order valence-corrected chi connectivity index (χ1v) is 8.04. The largest absolute Gasteiger partial charge is 0.392 e. The molecule has 21 heavy (non-hydrogen) atoms. The Morgan fingerprint density at radius 2 is 1.71 bits per heavy atom. The monoisotopic (exact) mass is 290 g/mol. The van der Waals surface area contributed by atoms with Crippen LogP contribution in [0.1, 0.15) is 17.5 Å². The molecule has 2 saturated heterocycles. The van der Waals surface area contributed by atoms with Gasteiger partial charge in [-0.15, -0.1) is 0 Å². The molecule has 1 aromatic rings. The number of aliphatic hydroxyl groups is 1. The fourth-order valence-corrected chi connectivity index (χ4v) is 3.36. The summed E-state index contributed by atoms with van der Waals surface area (Å²) in [5.41, 5.74) is 2.34. The van der Waals surface area contributed by atoms with Gasteiger partial charge >= 0.3 is 0 Å². The maximum atomic E-state index is 9.08. The Hall–Kier alpha value is -0.940. The summed E-state index contributed by atoms with van der Waals surface area (Å²) in [4.78, 5) is 5.10. The number of rotatable bonds is 5. The van der Waals surface area contributed by atoms with E-state index in [1.807, 2.05) is 12.1 Å². The van der Waals surface area contributed by atoms with Crippen LogP contribution in [-0.2, 0) is 17.9 Å². The third-order valence-corrected chi connectivity index (χ3v) is 4.60. The SMILES string of the molecule is OCc1ccc(CN2CCC(CN3CCOCC3)C2)cc1. The summed E-state index contributed by atoms with van der Waals surface area (Å²) in [6.07, 6.45) is 1.31. The first-order valence-electron chi connectivity index (χ1n) is 8.04. The quantitative estimate of drug-likeness (QED) is 0.887. The first-order chi connectivity index (χ1) is 10.3. The number of benzene rings is 1. The molecule has 3 rings (SSSR count). The van der Waals surface area contributed by atoms with Crippen LogP contribution in [0.15, 0.2) is 24.3 Å². The highest BCUT2D eigenvalue weighted by Crippen LogP contribution is 2.20. The standard InChI is InChI=1S/C17H26N2O2/c20-14-16-3-1-15(2-4-16)11-19-6-5-17(13-19)12-18-7-9-21-10-8-18/h1-4,17,20H,5-14H2. The zero-order valence-corrected chi connectivity index (χ0v) is 12.7. The molecule has 1 unspecified atom stereocenters. The zero-order valence-electron chi connectivity index (χ0n) is 12.7. The second-order valence-electron chi connectivity index (χ2n) is 6.28. The van der Waals surface area contributed by atoms with Gasteiger partial charge in [-0.3, -0.25) is 9.80 Å². The Kier molecular flexibility index (Phi) is 5.25. The third-order valence-electron chi connectivity index (χ3n) is 4.60. The minimum atomic E-state index is 0.131. The van der Waals surface area contributed by atoms with Crippen molar-refractivity contribution in [2.45, 2.75) is 19.6 Å². The van der Waals surface area contributed by atoms with Crippen LogP contribution in [0.4, 0.5) is 0 Å². The Morgan fingerprint density at radius 3 is 2.43 bits per heavy atom. The lowest BCUT2D eigenvalue weighted by Crippen LogP contribution is -2.39. The van der Waals surface area contributed by atoms with Crippen LogP contribution in [0.25, 0.3) is 0 Å². The molecule has 2 fully saturated rings. The molecule has 2 aliphatic rings. The highest BCUT2D eigenvalue weighted by molar-refractivity contribution is 5.22. The van der Waals surface area contributed by atoms with Crippen molar-refractivity contribution in [1.82, 2.24) is 9.80 Å². The molecule has 2 aliphatic heterocycles. The summed E-state index contributed by atoms with van der Waals surface area (Å²) >= 11 is 0. The van der Waals surface area contributed by atoms with Gasteiger partial charge in [0.2, 0.25) is 0 Å². The summed E-state index contributed by atoms with van der Waals surface area (Å²) < 4.78 is 5.41. The lowest BCUT2D eigenvalue weighted by atomic mass is 10.1. The van der Waals surface area contributed by atoms with E-state index in [1.165, 1.54) is 31.6 Å². The highest BCUT2D eigenvalue weighted by atomic mass is 16.5. The van der Waals surface area contributed by atoms with Crippen LogP contribution in [0.2, 0.25) is 0 Å². The number of aliphatic hydroxyl groups excluding tert-OH is 1. The molecule has 4 nitrogen and oxygen atoms in total. The molecule has 0 aromatic heterocycles. The van der Waals surface area contributed by atoms with Gasteiger partial charge in [-0.1, -0.05) is 24.3 Å². The molecule has 0 aliphatic carbocycles. The fourth-order valence-electron chi connectivity index (χ4n) is 3.36. The molecular weight excluding hydrogens is 264 g/mol. The number of morpholine rings is 1. The summed E-state index contributed by atoms with van der Waals surface area (Å²) in [5, 5.41) is 9.08. The van der Waals surface area contributed by atoms with Gasteiger partial charge in [-0.2, -0.15) is 0 Å². The molecule has 0 amide bonds. The second kappa shape index (κ2) is 7.36. The van der Waals surface area contributed by atoms with Crippen LogP contribution in [0.5, 0.6) is 0 Å². The Morgan fingerprint density at radius 1 is 1.00 bits per heavy atom. The molecule has 1 aromatic carbocycles. The number of hydrogen-bond donors (Lipinski definition) is 1. The predicted molar refractivity (Wildman–Crippen MR) is 83.0 cm³/mol. The molecule has 0 bridgehead atoms. The number of likely N-dealkylation sites (tertiary alicyclic amines) is 1. The van der Waals surface area contributed by atoms with Crippen molar-refractivity contribution in [1.29, 1.82) is 0 Å². The summed E-state index contributed by atoms with van der Waals surface area (Å²) in [6, 6.07) is 8.33. The van der Waals surface area contributed by atoms with Crippen molar-refractivity contribution >= 4 is 0 Å². The zero-order chi connectivity index (χ0) is 14.5. The van der Waals surface area contributed by atoms with Gasteiger partial charge in [0.25, 0.3) is 0 Å². The smallest absolute Gasteiger partial charge is 0.0681 e. The predicted octanol–water partition coefficient (Wildman–Crippen LogP) is 1.33. The van der Waals surface area contributed by atoms with Crippen molar-refractivity contribution in [3.8, 4) is 0 Å². The average molecular weight is 290 g/mol. The van der Waals surface area contributed by atoms with Gasteiger partial charge in [0, 0.05) is 32.7 Å². The lowest BCUT2D eigenvalue weighted by Gasteiger charge is -2.29. The van der Waals surface area contributed by atoms with E-state index >= 15 is 0 Å². The highest BCUT2D eigenvalue weighted by Gasteiger charge is 2.25. The van der Waals surface area contributed by atoms with Crippen molar-refractivity contribution in [3.05, 3.63) is 35.4 Å². The number of ether oxygens (including phenoxy) is 1. The molecule has 2 heterocycles. The molecule has 0 spiro atoms. The minimum Gasteiger partial charge on any atom is -0.392 e. The van der Waals surface area contributed by atoms with E-state index in [0.29, 0.717) is 0 Å². The molecule has 0 radical (unpaired) electrons. The van der Waals surface area contributed by atoms with Crippen molar-refractivity contribution in [3.63, 3.8) is 0 Å². The normalized spacial score (nSPS) is 24.5. The molecule has 1 atom stereocenters. The molecular formula is C17H26N2O2. The first kappa shape index (κ1) is 15.0. The van der Waals surface area contributed by atoms with Gasteiger partial charge in [0.15, 0.2) is 0 Å². The third kappa shape index (κ3) is 4.27. The lowest BCUT2D eigenvalue weighted by molar-refractivity contribution is 0.0311. The maximum absolute atomic E-state index is 9.08. The van der Waals surface area contributed by atoms with Crippen LogP contribution in [-0.4, -0.2) is 60.8 Å². The topological polar surface area (TPSA) is 35.9 Å². The Labute approximate surface area is 127 Å². The molecule has 0 saturated carbocycles. The van der Waals surface area contributed by atoms with Crippen molar-refractivity contribution < 1.29 is 9.84 Å². The van der Waals surface area contributed by atoms with E-state index in [2.05, 4.69) is 21.9 Å². The molecule has 1 N–H and O–H groups in total. The van der Waals surface area contributed by atoms with Crippen molar-refractivity contribution in [2.24, 2.45) is 5.92 Å². The van der Waals surface area contributed by atoms with E-state index in [1.54, 1.807) is 0 Å². The van der Waals surface area contributed by atoms with E-state index in [0.717, 1.165) is 44.3 Å². The van der Waals surface area contributed by atoms with E-state index in [4.69, 9.17) is 9.84 Å². The van der Waals surface area contributed by atoms with Crippen LogP contribution >= 0.6 is 0 Å². The van der Waals surface area contributed by atoms with Crippen LogP contribution in [0, 0.1) is 5.92 Å². The summed E-state index contributed by atoms with van der Waals surface area (Å²) in [5.74, 6) is 0.805. The Bertz CT molecular complexity index is 429. The van der Waals surface area contributed by atoms with Gasteiger partial charge in [0.1, 0.15) is 0 Å². The maximum Gasteiger partial charge on any atom is 0.0681 e. The van der Waals surface area contributed by atoms with Crippen LogP contribution < -0.4 is 0 Å². The van der Waals surface area contributed by atoms with Gasteiger partial charge < -0.3 is 9.84 Å². The van der Waals surface area contributed by atoms with E-state index < -0.39 is 0 Å². The van der Waals surface area contributed by atoms with E-state index in [-0.39, 0.29) is 6.61 Å². The average Bonchev–Trinajstić information content (AvgIpc) is 2.96. The van der Waals surface area contributed by atoms with Gasteiger partial charge in [-0.25, -0.2) is 0 Å². The van der Waals surface area contributed by atoms with Gasteiger partial charge in [-0.05, 0) is 30.0 Å². The summed E-state index contributed by atoms with van der Waals surface area (Å²) in [6.45, 7) is 8.79. The molecule has 116 valence electrons. The number of hydrogen-bond acceptors (Lipinski definition) is 4. The van der Waals surface area contributed by atoms with E-state index in [9.17, 15) is 0 Å².